The summed E-state index contributed by atoms with van der Waals surface area (Å²) in [6.45, 7) is -0.184. The minimum atomic E-state index is -0.563. The van der Waals surface area contributed by atoms with E-state index in [1.165, 1.54) is 31.4 Å². The zero-order valence-electron chi connectivity index (χ0n) is 13.0. The fourth-order valence-corrected chi connectivity index (χ4v) is 2.43. The lowest BCUT2D eigenvalue weighted by Gasteiger charge is -2.06. The van der Waals surface area contributed by atoms with E-state index in [2.05, 4.69) is 26.1 Å². The molecule has 128 valence electrons. The van der Waals surface area contributed by atoms with Gasteiger partial charge in [0.25, 0.3) is 5.89 Å². The van der Waals surface area contributed by atoms with Crippen LogP contribution >= 0.6 is 15.9 Å². The maximum Gasteiger partial charge on any atom is 0.339 e. The van der Waals surface area contributed by atoms with Gasteiger partial charge in [0.15, 0.2) is 6.61 Å². The predicted octanol–water partition coefficient (Wildman–Crippen LogP) is 4.00. The van der Waals surface area contributed by atoms with Gasteiger partial charge in [-0.3, -0.25) is 0 Å². The van der Waals surface area contributed by atoms with Gasteiger partial charge in [0, 0.05) is 10.0 Å². The molecule has 0 fully saturated rings. The lowest BCUT2D eigenvalue weighted by Crippen LogP contribution is -2.06. The van der Waals surface area contributed by atoms with Crippen LogP contribution in [0.3, 0.4) is 0 Å². The summed E-state index contributed by atoms with van der Waals surface area (Å²) in [5.74, 6) is 0.0319. The fraction of sp³-hybridized carbons (Fsp3) is 0.118. The van der Waals surface area contributed by atoms with Crippen LogP contribution in [0.1, 0.15) is 16.2 Å². The molecule has 1 aromatic heterocycles. The Morgan fingerprint density at radius 1 is 1.24 bits per heavy atom. The smallest absolute Gasteiger partial charge is 0.339 e. The Bertz CT molecular complexity index is 896. The second-order valence-electron chi connectivity index (χ2n) is 4.94. The van der Waals surface area contributed by atoms with Crippen molar-refractivity contribution in [3.63, 3.8) is 0 Å². The van der Waals surface area contributed by atoms with Crippen molar-refractivity contribution < 1.29 is 23.2 Å². The molecule has 0 bridgehead atoms. The van der Waals surface area contributed by atoms with Crippen LogP contribution in [0.25, 0.3) is 11.4 Å². The number of halogens is 2. The molecule has 0 saturated heterocycles. The molecule has 2 aromatic carbocycles. The van der Waals surface area contributed by atoms with E-state index >= 15 is 0 Å². The van der Waals surface area contributed by atoms with Crippen LogP contribution < -0.4 is 4.74 Å². The van der Waals surface area contributed by atoms with Crippen molar-refractivity contribution in [3.8, 4) is 17.1 Å². The number of rotatable bonds is 5. The maximum absolute atomic E-state index is 12.9. The predicted molar refractivity (Wildman–Crippen MR) is 89.5 cm³/mol. The van der Waals surface area contributed by atoms with Crippen LogP contribution in [0, 0.1) is 5.82 Å². The van der Waals surface area contributed by atoms with E-state index in [1.807, 2.05) is 0 Å². The van der Waals surface area contributed by atoms with Crippen molar-refractivity contribution in [3.05, 3.63) is 64.2 Å². The van der Waals surface area contributed by atoms with Crippen molar-refractivity contribution in [2.45, 2.75) is 6.61 Å². The number of esters is 1. The number of carbonyl (C=O) groups is 1. The van der Waals surface area contributed by atoms with Crippen LogP contribution in [0.4, 0.5) is 4.39 Å². The Morgan fingerprint density at radius 3 is 2.72 bits per heavy atom. The van der Waals surface area contributed by atoms with Crippen molar-refractivity contribution in [1.82, 2.24) is 10.1 Å². The van der Waals surface area contributed by atoms with E-state index in [1.54, 1.807) is 18.2 Å². The van der Waals surface area contributed by atoms with Crippen LogP contribution in [-0.2, 0) is 11.3 Å². The highest BCUT2D eigenvalue weighted by Gasteiger charge is 2.15. The van der Waals surface area contributed by atoms with E-state index in [-0.39, 0.29) is 24.1 Å². The summed E-state index contributed by atoms with van der Waals surface area (Å²) in [4.78, 5) is 16.3. The lowest BCUT2D eigenvalue weighted by atomic mass is 10.2. The summed E-state index contributed by atoms with van der Waals surface area (Å²) in [6.07, 6.45) is 0. The molecule has 0 aliphatic carbocycles. The highest BCUT2D eigenvalue weighted by Crippen LogP contribution is 2.23. The lowest BCUT2D eigenvalue weighted by molar-refractivity contribution is 0.0428. The summed E-state index contributed by atoms with van der Waals surface area (Å²) in [5, 5.41) is 3.78. The molecule has 25 heavy (non-hydrogen) atoms. The van der Waals surface area contributed by atoms with E-state index in [4.69, 9.17) is 14.0 Å². The average Bonchev–Trinajstić information content (AvgIpc) is 3.09. The Hall–Kier alpha value is -2.74. The second kappa shape index (κ2) is 7.43. The third-order valence-corrected chi connectivity index (χ3v) is 3.98. The molecule has 0 amide bonds. The van der Waals surface area contributed by atoms with Gasteiger partial charge in [0.05, 0.1) is 12.7 Å². The molecule has 3 rings (SSSR count). The minimum Gasteiger partial charge on any atom is -0.497 e. The van der Waals surface area contributed by atoms with Crippen LogP contribution in [0.2, 0.25) is 0 Å². The number of methoxy groups -OCH3 is 1. The third-order valence-electron chi connectivity index (χ3n) is 3.29. The minimum absolute atomic E-state index is 0.131. The molecule has 0 unspecified atom stereocenters. The molecule has 0 saturated carbocycles. The number of hydrogen-bond donors (Lipinski definition) is 0. The first kappa shape index (κ1) is 17.1. The van der Waals surface area contributed by atoms with Crippen molar-refractivity contribution in [2.75, 3.05) is 7.11 Å². The van der Waals surface area contributed by atoms with Gasteiger partial charge in [-0.1, -0.05) is 5.16 Å². The summed E-state index contributed by atoms with van der Waals surface area (Å²) in [6, 6.07) is 10.6. The highest BCUT2D eigenvalue weighted by molar-refractivity contribution is 9.10. The van der Waals surface area contributed by atoms with Crippen molar-refractivity contribution in [1.29, 1.82) is 0 Å². The molecule has 6 nitrogen and oxygen atoms in total. The van der Waals surface area contributed by atoms with Gasteiger partial charge in [-0.15, -0.1) is 0 Å². The zero-order valence-corrected chi connectivity index (χ0v) is 14.6. The number of nitrogens with zero attached hydrogens (tertiary/aromatic N) is 2. The van der Waals surface area contributed by atoms with Gasteiger partial charge >= 0.3 is 5.97 Å². The summed E-state index contributed by atoms with van der Waals surface area (Å²) in [7, 11) is 1.51. The number of carbonyl (C=O) groups excluding carboxylic acids is 1. The van der Waals surface area contributed by atoms with E-state index < -0.39 is 5.97 Å². The van der Waals surface area contributed by atoms with Gasteiger partial charge in [-0.25, -0.2) is 9.18 Å². The van der Waals surface area contributed by atoms with Gasteiger partial charge in [0.1, 0.15) is 11.6 Å². The zero-order chi connectivity index (χ0) is 17.8. The maximum atomic E-state index is 12.9. The molecular weight excluding hydrogens is 395 g/mol. The van der Waals surface area contributed by atoms with Gasteiger partial charge in [-0.2, -0.15) is 4.98 Å². The molecule has 0 N–H and O–H groups in total. The first-order chi connectivity index (χ1) is 12.1. The monoisotopic (exact) mass is 406 g/mol. The van der Waals surface area contributed by atoms with Gasteiger partial charge in [0.2, 0.25) is 5.82 Å². The highest BCUT2D eigenvalue weighted by atomic mass is 79.9. The van der Waals surface area contributed by atoms with Crippen molar-refractivity contribution >= 4 is 21.9 Å². The van der Waals surface area contributed by atoms with E-state index in [9.17, 15) is 9.18 Å². The first-order valence-electron chi connectivity index (χ1n) is 7.16. The number of ether oxygens (including phenoxy) is 2. The average molecular weight is 407 g/mol. The van der Waals surface area contributed by atoms with Gasteiger partial charge < -0.3 is 14.0 Å². The summed E-state index contributed by atoms with van der Waals surface area (Å²) >= 11 is 3.29. The first-order valence-corrected chi connectivity index (χ1v) is 7.95. The van der Waals surface area contributed by atoms with Crippen LogP contribution in [-0.4, -0.2) is 23.2 Å². The Morgan fingerprint density at radius 2 is 2.00 bits per heavy atom. The standard InChI is InChI=1S/C17H12BrFN2O4/c1-23-12-6-7-14(18)13(8-12)17(22)24-9-15-20-16(21-25-15)10-2-4-11(19)5-3-10/h2-8H,9H2,1H3. The molecule has 0 spiro atoms. The normalized spacial score (nSPS) is 10.5. The van der Waals surface area contributed by atoms with Crippen molar-refractivity contribution in [2.24, 2.45) is 0 Å². The number of aromatic nitrogens is 2. The summed E-state index contributed by atoms with van der Waals surface area (Å²) in [5.41, 5.74) is 0.913. The quantitative estimate of drug-likeness (QED) is 0.596. The molecule has 0 aliphatic rings. The number of benzene rings is 2. The Kier molecular flexibility index (Phi) is 5.08. The summed E-state index contributed by atoms with van der Waals surface area (Å²) < 4.78 is 28.8. The molecule has 3 aromatic rings. The topological polar surface area (TPSA) is 74.5 Å². The largest absolute Gasteiger partial charge is 0.497 e. The van der Waals surface area contributed by atoms with Gasteiger partial charge in [-0.05, 0) is 58.4 Å². The molecule has 1 heterocycles. The molecule has 0 radical (unpaired) electrons. The molecular formula is C17H12BrFN2O4. The molecule has 0 atom stereocenters. The molecule has 0 aliphatic heterocycles. The third kappa shape index (κ3) is 4.03. The Labute approximate surface area is 150 Å². The number of hydrogen-bond acceptors (Lipinski definition) is 6. The SMILES string of the molecule is COc1ccc(Br)c(C(=O)OCc2nc(-c3ccc(F)cc3)no2)c1. The molecule has 8 heteroatoms. The van der Waals surface area contributed by atoms with E-state index in [0.29, 0.717) is 21.3 Å². The second-order valence-corrected chi connectivity index (χ2v) is 5.79. The van der Waals surface area contributed by atoms with Crippen LogP contribution in [0.5, 0.6) is 5.75 Å². The fourth-order valence-electron chi connectivity index (χ4n) is 2.02. The Balaban J connectivity index is 1.68. The van der Waals surface area contributed by atoms with E-state index in [0.717, 1.165) is 0 Å². The van der Waals surface area contributed by atoms with Crippen LogP contribution in [0.15, 0.2) is 51.5 Å².